The summed E-state index contributed by atoms with van der Waals surface area (Å²) >= 11 is 2.08. The van der Waals surface area contributed by atoms with Crippen LogP contribution in [0, 0.1) is 17.4 Å². The van der Waals surface area contributed by atoms with Gasteiger partial charge in [-0.2, -0.15) is 0 Å². The fourth-order valence-electron chi connectivity index (χ4n) is 2.39. The Hall–Kier alpha value is -1.61. The monoisotopic (exact) mass is 444 g/mol. The van der Waals surface area contributed by atoms with Gasteiger partial charge in [0, 0.05) is 16.2 Å². The number of hydrogen-bond donors (Lipinski definition) is 2. The van der Waals surface area contributed by atoms with Gasteiger partial charge >= 0.3 is 0 Å². The molecule has 0 saturated carbocycles. The highest BCUT2D eigenvalue weighted by Gasteiger charge is 2.21. The molecular formula is C16H17IN2O3S. The summed E-state index contributed by atoms with van der Waals surface area (Å²) in [5.41, 5.74) is 2.28. The summed E-state index contributed by atoms with van der Waals surface area (Å²) in [6.45, 7) is 4.83. The van der Waals surface area contributed by atoms with E-state index in [1.54, 1.807) is 38.1 Å². The predicted molar refractivity (Wildman–Crippen MR) is 100 cm³/mol. The van der Waals surface area contributed by atoms with Gasteiger partial charge in [0.2, 0.25) is 5.91 Å². The smallest absolute Gasteiger partial charge is 0.262 e. The number of aryl methyl sites for hydroxylation is 2. The summed E-state index contributed by atoms with van der Waals surface area (Å²) in [7, 11) is -3.71. The lowest BCUT2D eigenvalue weighted by Crippen LogP contribution is -2.17. The molecule has 2 aromatic carbocycles. The molecule has 2 aromatic rings. The van der Waals surface area contributed by atoms with Crippen molar-refractivity contribution in [1.29, 1.82) is 0 Å². The molecule has 0 bridgehead atoms. The number of rotatable bonds is 4. The summed E-state index contributed by atoms with van der Waals surface area (Å²) in [6, 6.07) is 10.5. The Morgan fingerprint density at radius 2 is 1.65 bits per heavy atom. The fourth-order valence-corrected chi connectivity index (χ4v) is 4.63. The van der Waals surface area contributed by atoms with Crippen molar-refractivity contribution in [2.45, 2.75) is 25.7 Å². The quantitative estimate of drug-likeness (QED) is 0.707. The summed E-state index contributed by atoms with van der Waals surface area (Å²) in [4.78, 5) is 11.4. The maximum absolute atomic E-state index is 12.7. The Morgan fingerprint density at radius 3 is 2.17 bits per heavy atom. The number of para-hydroxylation sites is 1. The Kier molecular flexibility index (Phi) is 5.30. The fraction of sp³-hybridized carbons (Fsp3) is 0.188. The zero-order valence-corrected chi connectivity index (χ0v) is 15.9. The molecule has 5 nitrogen and oxygen atoms in total. The van der Waals surface area contributed by atoms with Crippen LogP contribution < -0.4 is 10.0 Å². The van der Waals surface area contributed by atoms with Crippen LogP contribution >= 0.6 is 22.6 Å². The number of benzene rings is 2. The van der Waals surface area contributed by atoms with Crippen molar-refractivity contribution >= 4 is 49.9 Å². The van der Waals surface area contributed by atoms with Gasteiger partial charge in [0.05, 0.1) is 10.6 Å². The average Bonchev–Trinajstić information content (AvgIpc) is 2.39. The maximum atomic E-state index is 12.7. The third-order valence-corrected chi connectivity index (χ3v) is 5.78. The van der Waals surface area contributed by atoms with Crippen LogP contribution in [-0.2, 0) is 14.8 Å². The standard InChI is InChI=1S/C16H17IN2O3S/c1-10-8-13(18-12(3)20)9-11(2)16(10)23(21,22)19-15-7-5-4-6-14(15)17/h4-9,19H,1-3H3,(H,18,20). The number of anilines is 2. The highest BCUT2D eigenvalue weighted by molar-refractivity contribution is 14.1. The number of sulfonamides is 1. The second-order valence-corrected chi connectivity index (χ2v) is 7.99. The van der Waals surface area contributed by atoms with Crippen molar-refractivity contribution in [2.24, 2.45) is 0 Å². The number of halogens is 1. The molecule has 7 heteroatoms. The second-order valence-electron chi connectivity index (χ2n) is 5.21. The van der Waals surface area contributed by atoms with Crippen LogP contribution in [0.5, 0.6) is 0 Å². The average molecular weight is 444 g/mol. The minimum absolute atomic E-state index is 0.198. The first-order valence-electron chi connectivity index (χ1n) is 6.87. The second kappa shape index (κ2) is 6.88. The van der Waals surface area contributed by atoms with E-state index < -0.39 is 10.0 Å². The zero-order valence-electron chi connectivity index (χ0n) is 13.0. The molecule has 0 spiro atoms. The van der Waals surface area contributed by atoms with Gasteiger partial charge < -0.3 is 5.32 Å². The van der Waals surface area contributed by atoms with Crippen LogP contribution in [0.2, 0.25) is 0 Å². The Bertz CT molecular complexity index is 840. The van der Waals surface area contributed by atoms with E-state index in [1.807, 2.05) is 12.1 Å². The van der Waals surface area contributed by atoms with Crippen LogP contribution in [0.3, 0.4) is 0 Å². The van der Waals surface area contributed by atoms with Gasteiger partial charge in [0.1, 0.15) is 0 Å². The van der Waals surface area contributed by atoms with Crippen molar-refractivity contribution < 1.29 is 13.2 Å². The molecule has 1 amide bonds. The first-order chi connectivity index (χ1) is 10.7. The topological polar surface area (TPSA) is 75.3 Å². The molecule has 0 fully saturated rings. The summed E-state index contributed by atoms with van der Waals surface area (Å²) < 4.78 is 28.9. The van der Waals surface area contributed by atoms with Gasteiger partial charge in [0.15, 0.2) is 0 Å². The first-order valence-corrected chi connectivity index (χ1v) is 9.43. The lowest BCUT2D eigenvalue weighted by molar-refractivity contribution is -0.114. The molecule has 0 aliphatic carbocycles. The highest BCUT2D eigenvalue weighted by atomic mass is 127. The van der Waals surface area contributed by atoms with Crippen molar-refractivity contribution in [3.8, 4) is 0 Å². The van der Waals surface area contributed by atoms with Crippen LogP contribution in [-0.4, -0.2) is 14.3 Å². The normalized spacial score (nSPS) is 11.1. The van der Waals surface area contributed by atoms with E-state index in [0.29, 0.717) is 22.5 Å². The van der Waals surface area contributed by atoms with E-state index in [4.69, 9.17) is 0 Å². The number of hydrogen-bond acceptors (Lipinski definition) is 3. The maximum Gasteiger partial charge on any atom is 0.262 e. The van der Waals surface area contributed by atoms with E-state index in [-0.39, 0.29) is 10.8 Å². The van der Waals surface area contributed by atoms with Gasteiger partial charge in [-0.05, 0) is 71.8 Å². The molecule has 122 valence electrons. The van der Waals surface area contributed by atoms with Crippen molar-refractivity contribution in [2.75, 3.05) is 10.0 Å². The molecule has 23 heavy (non-hydrogen) atoms. The highest BCUT2D eigenvalue weighted by Crippen LogP contribution is 2.28. The SMILES string of the molecule is CC(=O)Nc1cc(C)c(S(=O)(=O)Nc2ccccc2I)c(C)c1. The minimum atomic E-state index is -3.71. The van der Waals surface area contributed by atoms with Crippen molar-refractivity contribution in [3.05, 3.63) is 51.1 Å². The molecule has 0 saturated heterocycles. The zero-order chi connectivity index (χ0) is 17.2. The molecule has 2 N–H and O–H groups in total. The number of carbonyl (C=O) groups is 1. The van der Waals surface area contributed by atoms with Gasteiger partial charge in [-0.3, -0.25) is 9.52 Å². The lowest BCUT2D eigenvalue weighted by Gasteiger charge is -2.15. The Labute approximate surface area is 149 Å². The summed E-state index contributed by atoms with van der Waals surface area (Å²) in [6.07, 6.45) is 0. The van der Waals surface area contributed by atoms with Crippen molar-refractivity contribution in [3.63, 3.8) is 0 Å². The molecule has 0 aliphatic heterocycles. The van der Waals surface area contributed by atoms with E-state index in [9.17, 15) is 13.2 Å². The Morgan fingerprint density at radius 1 is 1.09 bits per heavy atom. The third kappa shape index (κ3) is 4.23. The predicted octanol–water partition coefficient (Wildman–Crippen LogP) is 3.67. The molecule has 0 atom stereocenters. The van der Waals surface area contributed by atoms with Gasteiger partial charge in [-0.25, -0.2) is 8.42 Å². The Balaban J connectivity index is 2.44. The van der Waals surface area contributed by atoms with E-state index in [2.05, 4.69) is 32.6 Å². The number of amides is 1. The van der Waals surface area contributed by atoms with Crippen molar-refractivity contribution in [1.82, 2.24) is 0 Å². The lowest BCUT2D eigenvalue weighted by atomic mass is 10.1. The molecule has 0 aromatic heterocycles. The molecular weight excluding hydrogens is 427 g/mol. The van der Waals surface area contributed by atoms with Crippen LogP contribution in [0.1, 0.15) is 18.1 Å². The summed E-state index contributed by atoms with van der Waals surface area (Å²) in [5.74, 6) is -0.198. The number of carbonyl (C=O) groups excluding carboxylic acids is 1. The van der Waals surface area contributed by atoms with Gasteiger partial charge in [-0.1, -0.05) is 12.1 Å². The van der Waals surface area contributed by atoms with E-state index >= 15 is 0 Å². The van der Waals surface area contributed by atoms with E-state index in [0.717, 1.165) is 3.57 Å². The molecule has 0 heterocycles. The van der Waals surface area contributed by atoms with Crippen LogP contribution in [0.4, 0.5) is 11.4 Å². The van der Waals surface area contributed by atoms with Crippen LogP contribution in [0.25, 0.3) is 0 Å². The largest absolute Gasteiger partial charge is 0.326 e. The van der Waals surface area contributed by atoms with Crippen LogP contribution in [0.15, 0.2) is 41.3 Å². The summed E-state index contributed by atoms with van der Waals surface area (Å²) in [5, 5.41) is 2.67. The minimum Gasteiger partial charge on any atom is -0.326 e. The molecule has 0 radical (unpaired) electrons. The molecule has 2 rings (SSSR count). The molecule has 0 unspecified atom stereocenters. The first kappa shape index (κ1) is 17.7. The van der Waals surface area contributed by atoms with Gasteiger partial charge in [0.25, 0.3) is 10.0 Å². The molecule has 0 aliphatic rings. The number of nitrogens with one attached hydrogen (secondary N) is 2. The van der Waals surface area contributed by atoms with E-state index in [1.165, 1.54) is 6.92 Å². The third-order valence-electron chi connectivity index (χ3n) is 3.17. The van der Waals surface area contributed by atoms with Gasteiger partial charge in [-0.15, -0.1) is 0 Å².